The van der Waals surface area contributed by atoms with Crippen LogP contribution >= 0.6 is 0 Å². The van der Waals surface area contributed by atoms with Crippen molar-refractivity contribution in [3.8, 4) is 0 Å². The highest BCUT2D eigenvalue weighted by molar-refractivity contribution is 5.86. The Kier molecular flexibility index (Phi) is 2.45. The van der Waals surface area contributed by atoms with Crippen molar-refractivity contribution in [2.75, 3.05) is 11.9 Å². The smallest absolute Gasteiger partial charge is 0.322 e. The highest BCUT2D eigenvalue weighted by Gasteiger charge is 2.22. The summed E-state index contributed by atoms with van der Waals surface area (Å²) < 4.78 is 5.26. The van der Waals surface area contributed by atoms with Crippen molar-refractivity contribution in [3.63, 3.8) is 0 Å². The largest absolute Gasteiger partial charge is 0.406 e. The molecule has 1 saturated heterocycles. The second kappa shape index (κ2) is 3.75. The molecule has 0 unspecified atom stereocenters. The Morgan fingerprint density at radius 1 is 1.64 bits per heavy atom. The fourth-order valence-corrected chi connectivity index (χ4v) is 1.47. The first-order valence-electron chi connectivity index (χ1n) is 4.60. The molecule has 6 nitrogen and oxygen atoms in total. The molecule has 1 aliphatic heterocycles. The maximum atomic E-state index is 10.7. The number of carbonyl (C=O) groups excluding carboxylic acids is 1. The second-order valence-electron chi connectivity index (χ2n) is 3.28. The number of aromatic nitrogens is 2. The number of amides is 1. The van der Waals surface area contributed by atoms with Gasteiger partial charge in [0, 0.05) is 6.92 Å². The van der Waals surface area contributed by atoms with Crippen LogP contribution < -0.4 is 10.6 Å². The van der Waals surface area contributed by atoms with Gasteiger partial charge in [-0.25, -0.2) is 0 Å². The molecule has 2 N–H and O–H groups in total. The summed E-state index contributed by atoms with van der Waals surface area (Å²) in [6.45, 7) is 2.38. The van der Waals surface area contributed by atoms with Crippen LogP contribution in [0.3, 0.4) is 0 Å². The predicted octanol–water partition coefficient (Wildman–Crippen LogP) is 0.452. The van der Waals surface area contributed by atoms with Gasteiger partial charge in [0.1, 0.15) is 0 Å². The molecule has 0 bridgehead atoms. The minimum Gasteiger partial charge on any atom is -0.406 e. The Morgan fingerprint density at radius 2 is 2.50 bits per heavy atom. The fraction of sp³-hybridized carbons (Fsp3) is 0.625. The van der Waals surface area contributed by atoms with Crippen molar-refractivity contribution >= 4 is 11.9 Å². The molecule has 2 heterocycles. The number of hydrogen-bond acceptors (Lipinski definition) is 5. The summed E-state index contributed by atoms with van der Waals surface area (Å²) in [4.78, 5) is 10.7. The highest BCUT2D eigenvalue weighted by atomic mass is 16.4. The van der Waals surface area contributed by atoms with Crippen LogP contribution in [0.5, 0.6) is 0 Å². The minimum absolute atomic E-state index is 0.144. The number of hydrogen-bond donors (Lipinski definition) is 2. The van der Waals surface area contributed by atoms with Gasteiger partial charge >= 0.3 is 6.01 Å². The van der Waals surface area contributed by atoms with E-state index in [1.807, 2.05) is 0 Å². The van der Waals surface area contributed by atoms with Crippen LogP contribution in [0.1, 0.15) is 31.7 Å². The van der Waals surface area contributed by atoms with Crippen LogP contribution in [-0.4, -0.2) is 22.6 Å². The van der Waals surface area contributed by atoms with Gasteiger partial charge < -0.3 is 9.73 Å². The molecule has 1 aliphatic rings. The van der Waals surface area contributed by atoms with Crippen molar-refractivity contribution in [3.05, 3.63) is 5.89 Å². The van der Waals surface area contributed by atoms with Crippen LogP contribution in [0, 0.1) is 0 Å². The molecular formula is C8H12N4O2. The van der Waals surface area contributed by atoms with E-state index in [1.165, 1.54) is 6.92 Å². The summed E-state index contributed by atoms with van der Waals surface area (Å²) >= 11 is 0. The van der Waals surface area contributed by atoms with Crippen molar-refractivity contribution < 1.29 is 9.21 Å². The van der Waals surface area contributed by atoms with Gasteiger partial charge in [0.2, 0.25) is 11.8 Å². The van der Waals surface area contributed by atoms with Crippen molar-refractivity contribution in [1.29, 1.82) is 0 Å². The van der Waals surface area contributed by atoms with E-state index in [9.17, 15) is 4.79 Å². The Labute approximate surface area is 81.1 Å². The summed E-state index contributed by atoms with van der Waals surface area (Å²) in [5, 5.41) is 13.2. The summed E-state index contributed by atoms with van der Waals surface area (Å²) in [5.74, 6) is 0.339. The lowest BCUT2D eigenvalue weighted by molar-refractivity contribution is -0.114. The van der Waals surface area contributed by atoms with Gasteiger partial charge in [-0.05, 0) is 19.4 Å². The van der Waals surface area contributed by atoms with Gasteiger partial charge in [-0.3, -0.25) is 10.1 Å². The van der Waals surface area contributed by atoms with E-state index in [0.717, 1.165) is 19.4 Å². The summed E-state index contributed by atoms with van der Waals surface area (Å²) in [6, 6.07) is 0.311. The Bertz CT molecular complexity index is 330. The minimum atomic E-state index is -0.209. The van der Waals surface area contributed by atoms with Crippen molar-refractivity contribution in [2.45, 2.75) is 25.8 Å². The van der Waals surface area contributed by atoms with E-state index < -0.39 is 0 Å². The average molecular weight is 196 g/mol. The molecule has 0 saturated carbocycles. The molecule has 2 rings (SSSR count). The third kappa shape index (κ3) is 1.90. The number of rotatable bonds is 2. The van der Waals surface area contributed by atoms with E-state index in [2.05, 4.69) is 20.8 Å². The van der Waals surface area contributed by atoms with E-state index >= 15 is 0 Å². The van der Waals surface area contributed by atoms with Crippen molar-refractivity contribution in [2.24, 2.45) is 0 Å². The van der Waals surface area contributed by atoms with Gasteiger partial charge in [-0.15, -0.1) is 5.10 Å². The van der Waals surface area contributed by atoms with Gasteiger partial charge in [-0.1, -0.05) is 5.10 Å². The van der Waals surface area contributed by atoms with E-state index in [4.69, 9.17) is 4.42 Å². The molecule has 1 amide bonds. The quantitative estimate of drug-likeness (QED) is 0.718. The van der Waals surface area contributed by atoms with Crippen molar-refractivity contribution in [1.82, 2.24) is 15.5 Å². The number of nitrogens with one attached hydrogen (secondary N) is 2. The molecule has 1 fully saturated rings. The first kappa shape index (κ1) is 9.14. The lowest BCUT2D eigenvalue weighted by Gasteiger charge is -2.01. The molecular weight excluding hydrogens is 184 g/mol. The van der Waals surface area contributed by atoms with Crippen LogP contribution in [0.15, 0.2) is 4.42 Å². The maximum absolute atomic E-state index is 10.7. The topological polar surface area (TPSA) is 80.0 Å². The first-order chi connectivity index (χ1) is 6.75. The van der Waals surface area contributed by atoms with Crippen LogP contribution in [0.4, 0.5) is 6.01 Å². The van der Waals surface area contributed by atoms with E-state index in [1.54, 1.807) is 0 Å². The molecule has 0 aliphatic carbocycles. The molecule has 0 radical (unpaired) electrons. The third-order valence-corrected chi connectivity index (χ3v) is 2.08. The molecule has 1 atom stereocenters. The van der Waals surface area contributed by atoms with E-state index in [0.29, 0.717) is 5.89 Å². The number of anilines is 1. The molecule has 0 aromatic carbocycles. The first-order valence-corrected chi connectivity index (χ1v) is 4.60. The molecule has 1 aromatic heterocycles. The molecule has 1 aromatic rings. The molecule has 0 spiro atoms. The zero-order valence-corrected chi connectivity index (χ0v) is 7.91. The van der Waals surface area contributed by atoms with Gasteiger partial charge in [0.25, 0.3) is 0 Å². The SMILES string of the molecule is CC(=O)Nc1nnc([C@H]2CCCN2)o1. The lowest BCUT2D eigenvalue weighted by Crippen LogP contribution is -2.13. The predicted molar refractivity (Wildman–Crippen MR) is 48.6 cm³/mol. The Morgan fingerprint density at radius 3 is 3.14 bits per heavy atom. The fourth-order valence-electron chi connectivity index (χ4n) is 1.47. The summed E-state index contributed by atoms with van der Waals surface area (Å²) in [5.41, 5.74) is 0. The molecule has 76 valence electrons. The monoisotopic (exact) mass is 196 g/mol. The third-order valence-electron chi connectivity index (χ3n) is 2.08. The van der Waals surface area contributed by atoms with Crippen LogP contribution in [0.25, 0.3) is 0 Å². The maximum Gasteiger partial charge on any atom is 0.322 e. The standard InChI is InChI=1S/C8H12N4O2/c1-5(13)10-8-12-11-7(14-8)6-3-2-4-9-6/h6,9H,2-4H2,1H3,(H,10,12,13)/t6-/m1/s1. The van der Waals surface area contributed by atoms with Gasteiger partial charge in [0.05, 0.1) is 6.04 Å². The average Bonchev–Trinajstić information content (AvgIpc) is 2.69. The zero-order valence-electron chi connectivity index (χ0n) is 7.91. The zero-order chi connectivity index (χ0) is 9.97. The molecule has 14 heavy (non-hydrogen) atoms. The normalized spacial score (nSPS) is 21.1. The number of nitrogens with zero attached hydrogens (tertiary/aromatic N) is 2. The second-order valence-corrected chi connectivity index (χ2v) is 3.28. The van der Waals surface area contributed by atoms with Crippen LogP contribution in [-0.2, 0) is 4.79 Å². The van der Waals surface area contributed by atoms with Gasteiger partial charge in [0.15, 0.2) is 0 Å². The van der Waals surface area contributed by atoms with E-state index in [-0.39, 0.29) is 18.0 Å². The van der Waals surface area contributed by atoms with Gasteiger partial charge in [-0.2, -0.15) is 0 Å². The molecule has 6 heteroatoms. The Balaban J connectivity index is 2.05. The lowest BCUT2D eigenvalue weighted by atomic mass is 10.2. The van der Waals surface area contributed by atoms with Crippen LogP contribution in [0.2, 0.25) is 0 Å². The Hall–Kier alpha value is -1.43. The summed E-state index contributed by atoms with van der Waals surface area (Å²) in [7, 11) is 0. The number of carbonyl (C=O) groups is 1. The summed E-state index contributed by atoms with van der Waals surface area (Å²) in [6.07, 6.45) is 2.12. The highest BCUT2D eigenvalue weighted by Crippen LogP contribution is 2.22.